The Balaban J connectivity index is 1.99. The molecule has 1 saturated heterocycles. The Morgan fingerprint density at radius 3 is 2.48 bits per heavy atom. The molecule has 1 aromatic rings. The third-order valence-corrected chi connectivity index (χ3v) is 4.68. The smallest absolute Gasteiger partial charge is 0.167 e. The maximum atomic E-state index is 12.6. The fraction of sp³-hybridized carbons (Fsp3) is 0.471. The van der Waals surface area contributed by atoms with E-state index in [0.29, 0.717) is 31.6 Å². The topological polar surface area (TPSA) is 66.8 Å². The van der Waals surface area contributed by atoms with Gasteiger partial charge in [-0.3, -0.25) is 4.79 Å². The zero-order valence-corrected chi connectivity index (χ0v) is 12.2. The van der Waals surface area contributed by atoms with Gasteiger partial charge in [-0.2, -0.15) is 0 Å². The summed E-state index contributed by atoms with van der Waals surface area (Å²) in [6.07, 6.45) is 2.66. The number of aliphatic hydroxyl groups is 1. The number of aliphatic hydroxyl groups excluding tert-OH is 1. The number of hydrogen-bond donors (Lipinski definition) is 2. The van der Waals surface area contributed by atoms with Gasteiger partial charge in [-0.15, -0.1) is 0 Å². The lowest BCUT2D eigenvalue weighted by atomic mass is 9.68. The summed E-state index contributed by atoms with van der Waals surface area (Å²) >= 11 is 0. The number of carbonyl (C=O) groups is 1. The lowest BCUT2D eigenvalue weighted by Gasteiger charge is -2.39. The molecular weight excluding hydrogens is 268 g/mol. The van der Waals surface area contributed by atoms with E-state index in [4.69, 9.17) is 4.74 Å². The average Bonchev–Trinajstić information content (AvgIpc) is 2.41. The van der Waals surface area contributed by atoms with Crippen molar-refractivity contribution in [1.82, 2.24) is 0 Å². The first kappa shape index (κ1) is 14.1. The Hall–Kier alpha value is -1.81. The van der Waals surface area contributed by atoms with E-state index in [2.05, 4.69) is 0 Å². The SMILES string of the molecule is Cc1cc(O)ccc1C1=C(O)CC2(CCOCC2)CC1=O. The van der Waals surface area contributed by atoms with E-state index in [9.17, 15) is 15.0 Å². The van der Waals surface area contributed by atoms with Gasteiger partial charge in [0, 0.05) is 26.1 Å². The molecule has 4 heteroatoms. The normalized spacial score (nSPS) is 21.9. The van der Waals surface area contributed by atoms with Gasteiger partial charge in [-0.05, 0) is 48.4 Å². The molecule has 3 rings (SSSR count). The highest BCUT2D eigenvalue weighted by atomic mass is 16.5. The minimum atomic E-state index is -0.131. The summed E-state index contributed by atoms with van der Waals surface area (Å²) < 4.78 is 5.37. The summed E-state index contributed by atoms with van der Waals surface area (Å²) in [6, 6.07) is 4.87. The van der Waals surface area contributed by atoms with Crippen LogP contribution >= 0.6 is 0 Å². The molecule has 0 unspecified atom stereocenters. The van der Waals surface area contributed by atoms with Crippen LogP contribution in [0.15, 0.2) is 24.0 Å². The fourth-order valence-electron chi connectivity index (χ4n) is 3.49. The molecule has 2 N–H and O–H groups in total. The number of ether oxygens (including phenoxy) is 1. The van der Waals surface area contributed by atoms with Crippen molar-refractivity contribution in [3.05, 3.63) is 35.1 Å². The monoisotopic (exact) mass is 288 g/mol. The zero-order chi connectivity index (χ0) is 15.0. The van der Waals surface area contributed by atoms with Crippen molar-refractivity contribution in [3.8, 4) is 5.75 Å². The predicted molar refractivity (Wildman–Crippen MR) is 79.1 cm³/mol. The molecule has 1 aromatic carbocycles. The first-order valence-corrected chi connectivity index (χ1v) is 7.34. The lowest BCUT2D eigenvalue weighted by molar-refractivity contribution is -0.118. The van der Waals surface area contributed by atoms with Crippen LogP contribution in [0.1, 0.15) is 36.8 Å². The van der Waals surface area contributed by atoms with Crippen LogP contribution in [-0.2, 0) is 9.53 Å². The molecule has 1 spiro atoms. The van der Waals surface area contributed by atoms with E-state index in [1.54, 1.807) is 18.2 Å². The highest BCUT2D eigenvalue weighted by Gasteiger charge is 2.41. The van der Waals surface area contributed by atoms with Crippen LogP contribution in [0.3, 0.4) is 0 Å². The Kier molecular flexibility index (Phi) is 3.49. The lowest BCUT2D eigenvalue weighted by Crippen LogP contribution is -2.36. The van der Waals surface area contributed by atoms with Gasteiger partial charge >= 0.3 is 0 Å². The number of phenolic OH excluding ortho intramolecular Hbond substituents is 1. The van der Waals surface area contributed by atoms with Crippen molar-refractivity contribution in [2.24, 2.45) is 5.41 Å². The Bertz CT molecular complexity index is 609. The largest absolute Gasteiger partial charge is 0.512 e. The molecule has 112 valence electrons. The van der Waals surface area contributed by atoms with Gasteiger partial charge in [-0.25, -0.2) is 0 Å². The molecule has 1 aliphatic carbocycles. The molecule has 1 fully saturated rings. The number of aryl methyl sites for hydroxylation is 1. The van der Waals surface area contributed by atoms with Gasteiger partial charge < -0.3 is 14.9 Å². The van der Waals surface area contributed by atoms with Crippen LogP contribution in [0.2, 0.25) is 0 Å². The van der Waals surface area contributed by atoms with Crippen molar-refractivity contribution in [2.45, 2.75) is 32.6 Å². The maximum Gasteiger partial charge on any atom is 0.167 e. The molecule has 0 saturated carbocycles. The molecule has 4 nitrogen and oxygen atoms in total. The Labute approximate surface area is 124 Å². The van der Waals surface area contributed by atoms with Crippen molar-refractivity contribution in [2.75, 3.05) is 13.2 Å². The van der Waals surface area contributed by atoms with Crippen molar-refractivity contribution < 1.29 is 19.7 Å². The van der Waals surface area contributed by atoms with E-state index < -0.39 is 0 Å². The Morgan fingerprint density at radius 1 is 1.14 bits per heavy atom. The Morgan fingerprint density at radius 2 is 1.86 bits per heavy atom. The predicted octanol–water partition coefficient (Wildman–Crippen LogP) is 3.13. The van der Waals surface area contributed by atoms with Crippen LogP contribution in [-0.4, -0.2) is 29.2 Å². The zero-order valence-electron chi connectivity index (χ0n) is 12.2. The molecule has 0 amide bonds. The van der Waals surface area contributed by atoms with Crippen LogP contribution in [0.4, 0.5) is 0 Å². The number of ketones is 1. The van der Waals surface area contributed by atoms with Crippen LogP contribution in [0.5, 0.6) is 5.75 Å². The number of aromatic hydroxyl groups is 1. The highest BCUT2D eigenvalue weighted by Crippen LogP contribution is 2.46. The maximum absolute atomic E-state index is 12.6. The highest BCUT2D eigenvalue weighted by molar-refractivity contribution is 6.22. The summed E-state index contributed by atoms with van der Waals surface area (Å²) in [7, 11) is 0. The summed E-state index contributed by atoms with van der Waals surface area (Å²) in [5, 5.41) is 19.9. The third-order valence-electron chi connectivity index (χ3n) is 4.68. The second kappa shape index (κ2) is 5.19. The van der Waals surface area contributed by atoms with Crippen molar-refractivity contribution in [1.29, 1.82) is 0 Å². The molecule has 1 aliphatic heterocycles. The molecule has 0 aromatic heterocycles. The standard InChI is InChI=1S/C17H20O4/c1-11-8-12(18)2-3-13(11)16-14(19)9-17(10-15(16)20)4-6-21-7-5-17/h2-3,8,18-19H,4-7,9-10H2,1H3. The number of carbonyl (C=O) groups excluding carboxylic acids is 1. The fourth-order valence-corrected chi connectivity index (χ4v) is 3.49. The number of phenols is 1. The second-order valence-electron chi connectivity index (χ2n) is 6.21. The molecule has 1 heterocycles. The van der Waals surface area contributed by atoms with Gasteiger partial charge in [0.2, 0.25) is 0 Å². The minimum Gasteiger partial charge on any atom is -0.512 e. The molecule has 0 atom stereocenters. The van der Waals surface area contributed by atoms with Gasteiger partial charge in [0.05, 0.1) is 5.57 Å². The molecular formula is C17H20O4. The van der Waals surface area contributed by atoms with E-state index in [0.717, 1.165) is 24.0 Å². The molecule has 21 heavy (non-hydrogen) atoms. The van der Waals surface area contributed by atoms with Crippen molar-refractivity contribution >= 4 is 11.4 Å². The summed E-state index contributed by atoms with van der Waals surface area (Å²) in [5.41, 5.74) is 1.81. The van der Waals surface area contributed by atoms with Crippen LogP contribution in [0.25, 0.3) is 5.57 Å². The van der Waals surface area contributed by atoms with E-state index >= 15 is 0 Å². The summed E-state index contributed by atoms with van der Waals surface area (Å²) in [6.45, 7) is 3.16. The first-order valence-electron chi connectivity index (χ1n) is 7.34. The van der Waals surface area contributed by atoms with Crippen LogP contribution < -0.4 is 0 Å². The van der Waals surface area contributed by atoms with E-state index in [1.807, 2.05) is 6.92 Å². The third kappa shape index (κ3) is 2.56. The van der Waals surface area contributed by atoms with E-state index in [1.165, 1.54) is 0 Å². The number of allylic oxidation sites excluding steroid dienone is 2. The summed E-state index contributed by atoms with van der Waals surface area (Å²) in [5.74, 6) is 0.344. The minimum absolute atomic E-state index is 0.00515. The number of rotatable bonds is 1. The first-order chi connectivity index (χ1) is 10.0. The molecule has 0 bridgehead atoms. The van der Waals surface area contributed by atoms with Gasteiger partial charge in [0.25, 0.3) is 0 Å². The number of benzene rings is 1. The van der Waals surface area contributed by atoms with Crippen LogP contribution in [0, 0.1) is 12.3 Å². The van der Waals surface area contributed by atoms with Crippen molar-refractivity contribution in [3.63, 3.8) is 0 Å². The number of hydrogen-bond acceptors (Lipinski definition) is 4. The molecule has 0 radical (unpaired) electrons. The second-order valence-corrected chi connectivity index (χ2v) is 6.21. The number of Topliss-reactive ketones (excluding diaryl/α,β-unsaturated/α-hetero) is 1. The molecule has 2 aliphatic rings. The van der Waals surface area contributed by atoms with Gasteiger partial charge in [0.1, 0.15) is 11.5 Å². The average molecular weight is 288 g/mol. The van der Waals surface area contributed by atoms with Gasteiger partial charge in [0.15, 0.2) is 5.78 Å². The van der Waals surface area contributed by atoms with Gasteiger partial charge in [-0.1, -0.05) is 6.07 Å². The quantitative estimate of drug-likeness (QED) is 0.833. The van der Waals surface area contributed by atoms with E-state index in [-0.39, 0.29) is 22.7 Å². The summed E-state index contributed by atoms with van der Waals surface area (Å²) in [4.78, 5) is 12.6.